The highest BCUT2D eigenvalue weighted by molar-refractivity contribution is 4.75. The lowest BCUT2D eigenvalue weighted by molar-refractivity contribution is 0.0962. The van der Waals surface area contributed by atoms with Gasteiger partial charge in [0.25, 0.3) is 0 Å². The van der Waals surface area contributed by atoms with E-state index in [-0.39, 0.29) is 0 Å². The van der Waals surface area contributed by atoms with E-state index in [9.17, 15) is 0 Å². The molecule has 0 aliphatic carbocycles. The van der Waals surface area contributed by atoms with Gasteiger partial charge in [0.15, 0.2) is 0 Å². The Morgan fingerprint density at radius 3 is 2.81 bits per heavy atom. The minimum Gasteiger partial charge on any atom is -0.385 e. The summed E-state index contributed by atoms with van der Waals surface area (Å²) in [6.45, 7) is 4.13. The van der Waals surface area contributed by atoms with Crippen LogP contribution in [-0.2, 0) is 9.47 Å². The van der Waals surface area contributed by atoms with Gasteiger partial charge in [-0.1, -0.05) is 6.92 Å². The van der Waals surface area contributed by atoms with Crippen LogP contribution in [0.4, 0.5) is 0 Å². The van der Waals surface area contributed by atoms with Gasteiger partial charge >= 0.3 is 0 Å². The maximum atomic E-state index is 5.66. The molecular weight excluding hydrogens is 202 g/mol. The van der Waals surface area contributed by atoms with Crippen molar-refractivity contribution in [1.82, 2.24) is 5.32 Å². The normalized spacial score (nSPS) is 24.6. The van der Waals surface area contributed by atoms with Crippen LogP contribution in [0.2, 0.25) is 0 Å². The summed E-state index contributed by atoms with van der Waals surface area (Å²) < 4.78 is 10.8. The lowest BCUT2D eigenvalue weighted by Gasteiger charge is -2.24. The maximum Gasteiger partial charge on any atom is 0.0576 e. The summed E-state index contributed by atoms with van der Waals surface area (Å²) in [6.07, 6.45) is 6.56. The van der Waals surface area contributed by atoms with Crippen LogP contribution in [-0.4, -0.2) is 39.5 Å². The summed E-state index contributed by atoms with van der Waals surface area (Å²) in [4.78, 5) is 0. The van der Waals surface area contributed by atoms with E-state index in [1.165, 1.54) is 25.7 Å². The Hall–Kier alpha value is -0.120. The third-order valence-corrected chi connectivity index (χ3v) is 3.66. The van der Waals surface area contributed by atoms with Crippen LogP contribution in [0.25, 0.3) is 0 Å². The second-order valence-electron chi connectivity index (χ2n) is 4.87. The van der Waals surface area contributed by atoms with Crippen LogP contribution in [0.5, 0.6) is 0 Å². The lowest BCUT2D eigenvalue weighted by Crippen LogP contribution is -2.33. The van der Waals surface area contributed by atoms with Crippen molar-refractivity contribution in [3.05, 3.63) is 0 Å². The minimum atomic E-state index is 0.519. The molecule has 0 saturated carbocycles. The number of hydrogen-bond donors (Lipinski definition) is 1. The van der Waals surface area contributed by atoms with Crippen LogP contribution in [0, 0.1) is 5.92 Å². The van der Waals surface area contributed by atoms with Crippen LogP contribution < -0.4 is 5.32 Å². The van der Waals surface area contributed by atoms with E-state index in [1.54, 1.807) is 7.11 Å². The first-order valence-electron chi connectivity index (χ1n) is 6.55. The average molecular weight is 229 g/mol. The number of rotatable bonds is 8. The molecule has 0 aromatic heterocycles. The van der Waals surface area contributed by atoms with Gasteiger partial charge < -0.3 is 14.8 Å². The second kappa shape index (κ2) is 8.04. The highest BCUT2D eigenvalue weighted by Gasteiger charge is 2.20. The van der Waals surface area contributed by atoms with Crippen molar-refractivity contribution in [2.24, 2.45) is 5.92 Å². The lowest BCUT2D eigenvalue weighted by atomic mass is 9.93. The molecule has 1 aliphatic heterocycles. The predicted octanol–water partition coefficient (Wildman–Crippen LogP) is 2.21. The molecule has 0 aromatic rings. The molecule has 16 heavy (non-hydrogen) atoms. The van der Waals surface area contributed by atoms with E-state index in [0.29, 0.717) is 18.1 Å². The van der Waals surface area contributed by atoms with Gasteiger partial charge in [0.2, 0.25) is 0 Å². The molecule has 0 bridgehead atoms. The maximum absolute atomic E-state index is 5.66. The monoisotopic (exact) mass is 229 g/mol. The zero-order valence-electron chi connectivity index (χ0n) is 11.0. The van der Waals surface area contributed by atoms with Gasteiger partial charge in [0, 0.05) is 26.4 Å². The Bertz CT molecular complexity index is 169. The summed E-state index contributed by atoms with van der Waals surface area (Å²) in [5.41, 5.74) is 0. The highest BCUT2D eigenvalue weighted by Crippen LogP contribution is 2.20. The smallest absolute Gasteiger partial charge is 0.0576 e. The van der Waals surface area contributed by atoms with E-state index in [2.05, 4.69) is 19.3 Å². The Balaban J connectivity index is 2.18. The summed E-state index contributed by atoms with van der Waals surface area (Å²) in [5.74, 6) is 0.673. The average Bonchev–Trinajstić information content (AvgIpc) is 2.80. The highest BCUT2D eigenvalue weighted by atomic mass is 16.5. The molecule has 1 N–H and O–H groups in total. The fourth-order valence-electron chi connectivity index (χ4n) is 2.46. The fraction of sp³-hybridized carbons (Fsp3) is 1.00. The molecule has 1 rings (SSSR count). The van der Waals surface area contributed by atoms with Crippen LogP contribution in [0.15, 0.2) is 0 Å². The molecule has 96 valence electrons. The fourth-order valence-corrected chi connectivity index (χ4v) is 2.46. The first-order valence-corrected chi connectivity index (χ1v) is 6.55. The molecule has 0 amide bonds. The van der Waals surface area contributed by atoms with Crippen molar-refractivity contribution in [2.75, 3.05) is 27.4 Å². The number of hydrogen-bond acceptors (Lipinski definition) is 3. The zero-order valence-corrected chi connectivity index (χ0v) is 11.0. The zero-order chi connectivity index (χ0) is 11.8. The van der Waals surface area contributed by atoms with E-state index in [1.807, 2.05) is 0 Å². The van der Waals surface area contributed by atoms with Crippen molar-refractivity contribution < 1.29 is 9.47 Å². The standard InChI is InChI=1S/C13H27NO2/c1-11(8-10-15-3)13(14-2)7-6-12-5-4-9-16-12/h11-14H,4-10H2,1-3H3. The summed E-state index contributed by atoms with van der Waals surface area (Å²) >= 11 is 0. The molecule has 3 unspecified atom stereocenters. The van der Waals surface area contributed by atoms with Crippen molar-refractivity contribution in [3.8, 4) is 0 Å². The molecule has 3 atom stereocenters. The van der Waals surface area contributed by atoms with E-state index < -0.39 is 0 Å². The van der Waals surface area contributed by atoms with E-state index in [0.717, 1.165) is 19.6 Å². The largest absolute Gasteiger partial charge is 0.385 e. The minimum absolute atomic E-state index is 0.519. The van der Waals surface area contributed by atoms with Crippen molar-refractivity contribution in [1.29, 1.82) is 0 Å². The quantitative estimate of drug-likeness (QED) is 0.692. The van der Waals surface area contributed by atoms with Gasteiger partial charge in [0.1, 0.15) is 0 Å². The third-order valence-electron chi connectivity index (χ3n) is 3.66. The molecule has 1 saturated heterocycles. The van der Waals surface area contributed by atoms with Crippen LogP contribution in [0.3, 0.4) is 0 Å². The van der Waals surface area contributed by atoms with E-state index in [4.69, 9.17) is 9.47 Å². The SMILES string of the molecule is CNC(CCC1CCCO1)C(C)CCOC. The van der Waals surface area contributed by atoms with Crippen molar-refractivity contribution in [2.45, 2.75) is 51.2 Å². The van der Waals surface area contributed by atoms with Gasteiger partial charge in [-0.05, 0) is 45.1 Å². The summed E-state index contributed by atoms with van der Waals surface area (Å²) in [6, 6.07) is 0.597. The molecule has 0 spiro atoms. The molecule has 3 heteroatoms. The van der Waals surface area contributed by atoms with Gasteiger partial charge in [-0.3, -0.25) is 0 Å². The molecule has 1 fully saturated rings. The molecule has 3 nitrogen and oxygen atoms in total. The Kier molecular flexibility index (Phi) is 7.01. The van der Waals surface area contributed by atoms with Crippen LogP contribution >= 0.6 is 0 Å². The second-order valence-corrected chi connectivity index (χ2v) is 4.87. The Morgan fingerprint density at radius 2 is 2.25 bits per heavy atom. The van der Waals surface area contributed by atoms with Gasteiger partial charge in [-0.25, -0.2) is 0 Å². The third kappa shape index (κ3) is 4.81. The molecular formula is C13H27NO2. The summed E-state index contributed by atoms with van der Waals surface area (Å²) in [7, 11) is 3.83. The summed E-state index contributed by atoms with van der Waals surface area (Å²) in [5, 5.41) is 3.42. The van der Waals surface area contributed by atoms with Gasteiger partial charge in [0.05, 0.1) is 6.10 Å². The Labute approximate surface area is 99.9 Å². The number of ether oxygens (including phenoxy) is 2. The van der Waals surface area contributed by atoms with Crippen molar-refractivity contribution >= 4 is 0 Å². The predicted molar refractivity (Wildman–Crippen MR) is 66.7 cm³/mol. The first-order chi connectivity index (χ1) is 7.77. The number of nitrogens with one attached hydrogen (secondary N) is 1. The van der Waals surface area contributed by atoms with Crippen molar-refractivity contribution in [3.63, 3.8) is 0 Å². The first kappa shape index (κ1) is 13.9. The van der Waals surface area contributed by atoms with E-state index >= 15 is 0 Å². The number of methoxy groups -OCH3 is 1. The molecule has 0 radical (unpaired) electrons. The topological polar surface area (TPSA) is 30.5 Å². The Morgan fingerprint density at radius 1 is 1.44 bits per heavy atom. The molecule has 0 aromatic carbocycles. The van der Waals surface area contributed by atoms with Crippen LogP contribution in [0.1, 0.15) is 39.0 Å². The van der Waals surface area contributed by atoms with Gasteiger partial charge in [-0.15, -0.1) is 0 Å². The molecule has 1 heterocycles. The van der Waals surface area contributed by atoms with Gasteiger partial charge in [-0.2, -0.15) is 0 Å². The molecule has 1 aliphatic rings.